The summed E-state index contributed by atoms with van der Waals surface area (Å²) in [6, 6.07) is 7.71. The Bertz CT molecular complexity index is 517. The minimum atomic E-state index is 0.342. The van der Waals surface area contributed by atoms with Crippen LogP contribution in [0.3, 0.4) is 0 Å². The number of aromatic hydroxyl groups is 1. The average Bonchev–Trinajstić information content (AvgIpc) is 2.79. The van der Waals surface area contributed by atoms with Crippen LogP contribution in [-0.4, -0.2) is 9.67 Å². The van der Waals surface area contributed by atoms with Crippen LogP contribution in [0.5, 0.6) is 5.75 Å². The second-order valence-electron chi connectivity index (χ2n) is 4.61. The summed E-state index contributed by atoms with van der Waals surface area (Å²) in [7, 11) is 0. The van der Waals surface area contributed by atoms with E-state index in [-0.39, 0.29) is 0 Å². The van der Waals surface area contributed by atoms with Gasteiger partial charge in [-0.1, -0.05) is 6.92 Å². The molecular formula is C15H20N2O. The predicted molar refractivity (Wildman–Crippen MR) is 74.9 cm³/mol. The summed E-state index contributed by atoms with van der Waals surface area (Å²) < 4.78 is 2.21. The van der Waals surface area contributed by atoms with Crippen molar-refractivity contribution < 1.29 is 5.11 Å². The molecule has 1 heterocycles. The highest BCUT2D eigenvalue weighted by molar-refractivity contribution is 5.50. The van der Waals surface area contributed by atoms with Crippen LogP contribution < -0.4 is 5.32 Å². The van der Waals surface area contributed by atoms with E-state index in [9.17, 15) is 5.11 Å². The number of nitrogens with zero attached hydrogens (tertiary/aromatic N) is 1. The summed E-state index contributed by atoms with van der Waals surface area (Å²) in [5.41, 5.74) is 3.20. The summed E-state index contributed by atoms with van der Waals surface area (Å²) in [6.45, 7) is 5.95. The second-order valence-corrected chi connectivity index (χ2v) is 4.61. The number of rotatable bonds is 5. The molecule has 0 bridgehead atoms. The smallest absolute Gasteiger partial charge is 0.118 e. The topological polar surface area (TPSA) is 37.2 Å². The molecule has 0 aliphatic heterocycles. The zero-order valence-corrected chi connectivity index (χ0v) is 11.0. The summed E-state index contributed by atoms with van der Waals surface area (Å²) in [5, 5.41) is 12.8. The number of hydrogen-bond donors (Lipinski definition) is 2. The zero-order valence-electron chi connectivity index (χ0n) is 11.0. The van der Waals surface area contributed by atoms with Crippen molar-refractivity contribution >= 4 is 5.69 Å². The van der Waals surface area contributed by atoms with Crippen LogP contribution in [0.25, 0.3) is 0 Å². The van der Waals surface area contributed by atoms with Gasteiger partial charge in [-0.05, 0) is 48.7 Å². The molecule has 2 aromatic rings. The third-order valence-electron chi connectivity index (χ3n) is 2.99. The molecule has 1 aromatic carbocycles. The van der Waals surface area contributed by atoms with Gasteiger partial charge in [0.1, 0.15) is 5.75 Å². The molecule has 2 rings (SSSR count). The number of nitrogens with one attached hydrogen (secondary N) is 1. The van der Waals surface area contributed by atoms with E-state index in [0.717, 1.165) is 30.8 Å². The van der Waals surface area contributed by atoms with Crippen LogP contribution >= 0.6 is 0 Å². The van der Waals surface area contributed by atoms with Crippen molar-refractivity contribution in [2.75, 3.05) is 5.32 Å². The van der Waals surface area contributed by atoms with Gasteiger partial charge in [-0.3, -0.25) is 0 Å². The fourth-order valence-electron chi connectivity index (χ4n) is 1.96. The number of phenols is 1. The molecule has 1 aromatic heterocycles. The Labute approximate surface area is 108 Å². The number of phenolic OH excluding ortho intramolecular Hbond substituents is 1. The third-order valence-corrected chi connectivity index (χ3v) is 2.99. The third kappa shape index (κ3) is 3.06. The maximum absolute atomic E-state index is 9.46. The van der Waals surface area contributed by atoms with E-state index in [1.54, 1.807) is 6.07 Å². The van der Waals surface area contributed by atoms with Gasteiger partial charge < -0.3 is 15.0 Å². The van der Waals surface area contributed by atoms with Crippen molar-refractivity contribution in [1.82, 2.24) is 4.57 Å². The molecule has 3 heteroatoms. The van der Waals surface area contributed by atoms with E-state index in [1.807, 2.05) is 19.1 Å². The van der Waals surface area contributed by atoms with Crippen molar-refractivity contribution in [3.05, 3.63) is 47.8 Å². The minimum absolute atomic E-state index is 0.342. The molecule has 0 radical (unpaired) electrons. The van der Waals surface area contributed by atoms with Crippen LogP contribution in [-0.2, 0) is 13.1 Å². The summed E-state index contributed by atoms with van der Waals surface area (Å²) in [6.07, 6.45) is 5.44. The molecular weight excluding hydrogens is 224 g/mol. The van der Waals surface area contributed by atoms with Crippen LogP contribution in [0.15, 0.2) is 36.7 Å². The molecule has 96 valence electrons. The van der Waals surface area contributed by atoms with E-state index in [0.29, 0.717) is 5.75 Å². The molecule has 2 N–H and O–H groups in total. The molecule has 0 saturated heterocycles. The van der Waals surface area contributed by atoms with Crippen LogP contribution in [0, 0.1) is 6.92 Å². The quantitative estimate of drug-likeness (QED) is 0.790. The Hall–Kier alpha value is -1.90. The SMILES string of the molecule is CCCn1ccc(CNc2ccc(O)c(C)c2)c1. The lowest BCUT2D eigenvalue weighted by atomic mass is 10.2. The molecule has 0 fully saturated rings. The van der Waals surface area contributed by atoms with Gasteiger partial charge in [0.2, 0.25) is 0 Å². The van der Waals surface area contributed by atoms with Crippen molar-refractivity contribution in [1.29, 1.82) is 0 Å². The van der Waals surface area contributed by atoms with Crippen molar-refractivity contribution in [2.45, 2.75) is 33.4 Å². The zero-order chi connectivity index (χ0) is 13.0. The highest BCUT2D eigenvalue weighted by Gasteiger charge is 1.99. The van der Waals surface area contributed by atoms with Gasteiger partial charge in [-0.2, -0.15) is 0 Å². The Morgan fingerprint density at radius 2 is 2.11 bits per heavy atom. The van der Waals surface area contributed by atoms with Gasteiger partial charge in [0.05, 0.1) is 0 Å². The van der Waals surface area contributed by atoms with E-state index < -0.39 is 0 Å². The molecule has 0 saturated carbocycles. The fraction of sp³-hybridized carbons (Fsp3) is 0.333. The monoisotopic (exact) mass is 244 g/mol. The van der Waals surface area contributed by atoms with Gasteiger partial charge in [0, 0.05) is 31.2 Å². The lowest BCUT2D eigenvalue weighted by Gasteiger charge is -2.07. The fourth-order valence-corrected chi connectivity index (χ4v) is 1.96. The Balaban J connectivity index is 1.95. The Morgan fingerprint density at radius 1 is 1.28 bits per heavy atom. The van der Waals surface area contributed by atoms with Gasteiger partial charge in [0.15, 0.2) is 0 Å². The van der Waals surface area contributed by atoms with Gasteiger partial charge in [-0.15, -0.1) is 0 Å². The summed E-state index contributed by atoms with van der Waals surface area (Å²) in [5.74, 6) is 0.342. The number of benzene rings is 1. The van der Waals surface area contributed by atoms with Crippen LogP contribution in [0.1, 0.15) is 24.5 Å². The number of aryl methyl sites for hydroxylation is 2. The van der Waals surface area contributed by atoms with E-state index in [4.69, 9.17) is 0 Å². The minimum Gasteiger partial charge on any atom is -0.508 e. The molecule has 18 heavy (non-hydrogen) atoms. The largest absolute Gasteiger partial charge is 0.508 e. The average molecular weight is 244 g/mol. The summed E-state index contributed by atoms with van der Waals surface area (Å²) in [4.78, 5) is 0. The molecule has 0 aliphatic carbocycles. The first-order valence-electron chi connectivity index (χ1n) is 6.37. The lowest BCUT2D eigenvalue weighted by Crippen LogP contribution is -1.99. The van der Waals surface area contributed by atoms with Crippen LogP contribution in [0.2, 0.25) is 0 Å². The second kappa shape index (κ2) is 5.63. The molecule has 0 amide bonds. The standard InChI is InChI=1S/C15H20N2O/c1-3-7-17-8-6-13(11-17)10-16-14-4-5-15(18)12(2)9-14/h4-6,8-9,11,16,18H,3,7,10H2,1-2H3. The number of hydrogen-bond acceptors (Lipinski definition) is 2. The van der Waals surface area contributed by atoms with Crippen molar-refractivity contribution in [3.8, 4) is 5.75 Å². The first-order valence-corrected chi connectivity index (χ1v) is 6.37. The predicted octanol–water partition coefficient (Wildman–Crippen LogP) is 3.52. The first kappa shape index (κ1) is 12.6. The molecule has 0 atom stereocenters. The van der Waals surface area contributed by atoms with E-state index in [1.165, 1.54) is 5.56 Å². The van der Waals surface area contributed by atoms with Gasteiger partial charge in [-0.25, -0.2) is 0 Å². The maximum Gasteiger partial charge on any atom is 0.118 e. The number of anilines is 1. The van der Waals surface area contributed by atoms with Gasteiger partial charge in [0.25, 0.3) is 0 Å². The maximum atomic E-state index is 9.46. The number of aromatic nitrogens is 1. The first-order chi connectivity index (χ1) is 8.69. The molecule has 0 aliphatic rings. The Kier molecular flexibility index (Phi) is 3.92. The normalized spacial score (nSPS) is 10.6. The molecule has 0 unspecified atom stereocenters. The van der Waals surface area contributed by atoms with E-state index in [2.05, 4.69) is 35.3 Å². The highest BCUT2D eigenvalue weighted by atomic mass is 16.3. The van der Waals surface area contributed by atoms with Crippen molar-refractivity contribution in [3.63, 3.8) is 0 Å². The summed E-state index contributed by atoms with van der Waals surface area (Å²) >= 11 is 0. The van der Waals surface area contributed by atoms with Crippen LogP contribution in [0.4, 0.5) is 5.69 Å². The molecule has 3 nitrogen and oxygen atoms in total. The van der Waals surface area contributed by atoms with Crippen molar-refractivity contribution in [2.24, 2.45) is 0 Å². The lowest BCUT2D eigenvalue weighted by molar-refractivity contribution is 0.471. The Morgan fingerprint density at radius 3 is 2.83 bits per heavy atom. The van der Waals surface area contributed by atoms with Gasteiger partial charge >= 0.3 is 0 Å². The highest BCUT2D eigenvalue weighted by Crippen LogP contribution is 2.20. The van der Waals surface area contributed by atoms with E-state index >= 15 is 0 Å². The molecule has 0 spiro atoms.